The molecule has 1 aliphatic heterocycles. The molecule has 0 aromatic carbocycles. The van der Waals surface area contributed by atoms with E-state index in [1.807, 2.05) is 13.8 Å². The predicted octanol–water partition coefficient (Wildman–Crippen LogP) is 1.73. The molecule has 1 aliphatic rings. The van der Waals surface area contributed by atoms with Crippen LogP contribution in [0.3, 0.4) is 0 Å². The third kappa shape index (κ3) is 2.25. The first-order chi connectivity index (χ1) is 8.95. The third-order valence-corrected chi connectivity index (χ3v) is 4.83. The van der Waals surface area contributed by atoms with E-state index in [1.165, 1.54) is 16.8 Å². The molecule has 1 N–H and O–H groups in total. The van der Waals surface area contributed by atoms with E-state index in [0.717, 1.165) is 6.42 Å². The van der Waals surface area contributed by atoms with Crippen LogP contribution in [0.4, 0.5) is 0 Å². The van der Waals surface area contributed by atoms with Gasteiger partial charge in [0.25, 0.3) is 5.56 Å². The second-order valence-corrected chi connectivity index (χ2v) is 5.49. The molecule has 0 spiro atoms. The van der Waals surface area contributed by atoms with Crippen molar-refractivity contribution in [3.05, 3.63) is 33.1 Å². The molecular weight excluding hydrogens is 268 g/mol. The van der Waals surface area contributed by atoms with Crippen molar-refractivity contribution in [2.24, 2.45) is 11.8 Å². The monoisotopic (exact) mass is 286 g/mol. The van der Waals surface area contributed by atoms with Crippen molar-refractivity contribution < 1.29 is 4.74 Å². The Morgan fingerprint density at radius 2 is 2.16 bits per heavy atom. The number of hydrogen-bond acceptors (Lipinski definition) is 3. The van der Waals surface area contributed by atoms with Gasteiger partial charge in [0.15, 0.2) is 0 Å². The van der Waals surface area contributed by atoms with Gasteiger partial charge in [-0.05, 0) is 12.3 Å². The van der Waals surface area contributed by atoms with Crippen molar-refractivity contribution in [2.45, 2.75) is 39.0 Å². The number of ether oxygens (including phenoxy) is 1. The Labute approximate surface area is 116 Å². The van der Waals surface area contributed by atoms with E-state index in [2.05, 4.69) is 11.9 Å². The van der Waals surface area contributed by atoms with Crippen LogP contribution >= 0.6 is 11.6 Å². The number of aromatic nitrogens is 2. The van der Waals surface area contributed by atoms with Crippen LogP contribution in [-0.4, -0.2) is 21.0 Å². The van der Waals surface area contributed by atoms with E-state index in [1.54, 1.807) is 0 Å². The Morgan fingerprint density at radius 1 is 1.47 bits per heavy atom. The van der Waals surface area contributed by atoms with E-state index >= 15 is 0 Å². The Morgan fingerprint density at radius 3 is 2.63 bits per heavy atom. The number of alkyl halides is 1. The summed E-state index contributed by atoms with van der Waals surface area (Å²) in [5.74, 6) is 0.769. The zero-order valence-electron chi connectivity index (χ0n) is 11.4. The van der Waals surface area contributed by atoms with Gasteiger partial charge in [-0.1, -0.05) is 20.8 Å². The summed E-state index contributed by atoms with van der Waals surface area (Å²) >= 11 is 6.07. The van der Waals surface area contributed by atoms with Crippen LogP contribution in [0.5, 0.6) is 0 Å². The molecular formula is C13H19ClN2O3. The van der Waals surface area contributed by atoms with Crippen molar-refractivity contribution in [3.8, 4) is 0 Å². The third-order valence-electron chi connectivity index (χ3n) is 4.37. The second-order valence-electron chi connectivity index (χ2n) is 5.23. The van der Waals surface area contributed by atoms with Crippen molar-refractivity contribution in [1.29, 1.82) is 0 Å². The summed E-state index contributed by atoms with van der Waals surface area (Å²) in [6, 6.07) is 1.33. The van der Waals surface area contributed by atoms with Crippen LogP contribution in [0.15, 0.2) is 21.9 Å². The molecule has 0 bridgehead atoms. The molecule has 6 heteroatoms. The molecule has 0 aliphatic carbocycles. The first-order valence-electron chi connectivity index (χ1n) is 6.50. The zero-order valence-corrected chi connectivity index (χ0v) is 12.1. The first-order valence-corrected chi connectivity index (χ1v) is 7.04. The van der Waals surface area contributed by atoms with Gasteiger partial charge in [0, 0.05) is 18.2 Å². The van der Waals surface area contributed by atoms with Crippen LogP contribution in [-0.2, 0) is 4.74 Å². The highest BCUT2D eigenvalue weighted by atomic mass is 35.5. The van der Waals surface area contributed by atoms with Crippen LogP contribution in [0.1, 0.15) is 33.4 Å². The van der Waals surface area contributed by atoms with Crippen molar-refractivity contribution in [2.75, 3.05) is 5.88 Å². The fraction of sp³-hybridized carbons (Fsp3) is 0.692. The van der Waals surface area contributed by atoms with E-state index in [9.17, 15) is 9.59 Å². The van der Waals surface area contributed by atoms with Gasteiger partial charge in [-0.15, -0.1) is 11.6 Å². The summed E-state index contributed by atoms with van der Waals surface area (Å²) in [5, 5.41) is 0. The number of aromatic amines is 1. The highest BCUT2D eigenvalue weighted by molar-refractivity contribution is 6.18. The lowest BCUT2D eigenvalue weighted by Crippen LogP contribution is -2.37. The molecule has 1 saturated heterocycles. The number of nitrogens with zero attached hydrogens (tertiary/aromatic N) is 1. The van der Waals surface area contributed by atoms with Crippen LogP contribution < -0.4 is 11.2 Å². The number of H-pyrrole nitrogens is 1. The summed E-state index contributed by atoms with van der Waals surface area (Å²) in [6.07, 6.45) is 1.88. The summed E-state index contributed by atoms with van der Waals surface area (Å²) in [4.78, 5) is 25.2. The maximum atomic E-state index is 11.9. The van der Waals surface area contributed by atoms with Gasteiger partial charge in [0.05, 0.1) is 11.5 Å². The van der Waals surface area contributed by atoms with Gasteiger partial charge in [0.1, 0.15) is 6.23 Å². The first kappa shape index (κ1) is 14.3. The molecule has 0 amide bonds. The van der Waals surface area contributed by atoms with E-state index in [4.69, 9.17) is 16.3 Å². The molecule has 2 heterocycles. The topological polar surface area (TPSA) is 64.1 Å². The number of nitrogens with one attached hydrogen (secondary N) is 1. The largest absolute Gasteiger partial charge is 0.350 e. The number of halogens is 1. The quantitative estimate of drug-likeness (QED) is 0.861. The fourth-order valence-electron chi connectivity index (χ4n) is 2.77. The van der Waals surface area contributed by atoms with Gasteiger partial charge < -0.3 is 4.74 Å². The molecule has 19 heavy (non-hydrogen) atoms. The minimum atomic E-state index is -0.446. The molecule has 106 valence electrons. The zero-order chi connectivity index (χ0) is 14.2. The van der Waals surface area contributed by atoms with E-state index < -0.39 is 23.1 Å². The highest BCUT2D eigenvalue weighted by Gasteiger charge is 2.50. The van der Waals surface area contributed by atoms with Gasteiger partial charge in [-0.3, -0.25) is 14.3 Å². The lowest BCUT2D eigenvalue weighted by Gasteiger charge is -2.30. The van der Waals surface area contributed by atoms with E-state index in [0.29, 0.717) is 5.88 Å². The SMILES string of the molecule is CC[C@@]1(CCl)O[C@@H](n2ccc(=O)[nH]c2=O)[C@@H](C)[C@@H]1C. The smallest absolute Gasteiger partial charge is 0.330 e. The van der Waals surface area contributed by atoms with Crippen molar-refractivity contribution >= 4 is 11.6 Å². The van der Waals surface area contributed by atoms with Gasteiger partial charge in [-0.25, -0.2) is 4.79 Å². The average Bonchev–Trinajstić information content (AvgIpc) is 2.64. The fourth-order valence-corrected chi connectivity index (χ4v) is 3.27. The number of rotatable bonds is 3. The molecule has 5 nitrogen and oxygen atoms in total. The normalized spacial score (nSPS) is 34.6. The Hall–Kier alpha value is -1.07. The van der Waals surface area contributed by atoms with Crippen LogP contribution in [0.2, 0.25) is 0 Å². The Kier molecular flexibility index (Phi) is 3.87. The van der Waals surface area contributed by atoms with Crippen LogP contribution in [0, 0.1) is 11.8 Å². The molecule has 1 aromatic rings. The summed E-state index contributed by atoms with van der Waals surface area (Å²) in [6.45, 7) is 6.16. The van der Waals surface area contributed by atoms with Crippen molar-refractivity contribution in [1.82, 2.24) is 9.55 Å². The molecule has 2 rings (SSSR count). The lowest BCUT2D eigenvalue weighted by atomic mass is 9.82. The molecule has 0 radical (unpaired) electrons. The van der Waals surface area contributed by atoms with E-state index in [-0.39, 0.29) is 11.8 Å². The minimum Gasteiger partial charge on any atom is -0.350 e. The van der Waals surface area contributed by atoms with Crippen LogP contribution in [0.25, 0.3) is 0 Å². The molecule has 4 atom stereocenters. The predicted molar refractivity (Wildman–Crippen MR) is 73.5 cm³/mol. The van der Waals surface area contributed by atoms with Gasteiger partial charge >= 0.3 is 5.69 Å². The highest BCUT2D eigenvalue weighted by Crippen LogP contribution is 2.47. The van der Waals surface area contributed by atoms with Gasteiger partial charge in [-0.2, -0.15) is 0 Å². The average molecular weight is 287 g/mol. The lowest BCUT2D eigenvalue weighted by molar-refractivity contribution is -0.0765. The molecule has 1 fully saturated rings. The summed E-state index contributed by atoms with van der Waals surface area (Å²) < 4.78 is 7.52. The minimum absolute atomic E-state index is 0.141. The maximum absolute atomic E-state index is 11.9. The summed E-state index contributed by atoms with van der Waals surface area (Å²) in [7, 11) is 0. The Balaban J connectivity index is 2.42. The maximum Gasteiger partial charge on any atom is 0.330 e. The molecule has 0 saturated carbocycles. The summed E-state index contributed by atoms with van der Waals surface area (Å²) in [5.41, 5.74) is -1.27. The second kappa shape index (κ2) is 5.13. The molecule has 0 unspecified atom stereocenters. The Bertz CT molecular complexity index is 561. The van der Waals surface area contributed by atoms with Crippen molar-refractivity contribution in [3.63, 3.8) is 0 Å². The molecule has 1 aromatic heterocycles. The van der Waals surface area contributed by atoms with Gasteiger partial charge in [0.2, 0.25) is 0 Å². The number of hydrogen-bond donors (Lipinski definition) is 1. The standard InChI is InChI=1S/C13H19ClN2O3/c1-4-13(7-14)9(3)8(2)11(19-13)16-6-5-10(17)15-12(16)18/h5-6,8-9,11H,4,7H2,1-3H3,(H,15,17,18)/t8-,9-,11+,13-/m0/s1.